The summed E-state index contributed by atoms with van der Waals surface area (Å²) in [5.41, 5.74) is 8.39. The van der Waals surface area contributed by atoms with Gasteiger partial charge in [-0.1, -0.05) is 0 Å². The molecular formula is C10H13N3O. The van der Waals surface area contributed by atoms with Crippen molar-refractivity contribution in [3.05, 3.63) is 18.2 Å². The number of ether oxygens (including phenoxy) is 1. The molecule has 0 aliphatic carbocycles. The highest BCUT2D eigenvalue weighted by molar-refractivity contribution is 5.80. The summed E-state index contributed by atoms with van der Waals surface area (Å²) >= 11 is 0. The van der Waals surface area contributed by atoms with Crippen molar-refractivity contribution in [1.29, 1.82) is 0 Å². The van der Waals surface area contributed by atoms with E-state index in [0.717, 1.165) is 23.3 Å². The lowest BCUT2D eigenvalue weighted by Gasteiger charge is -2.03. The van der Waals surface area contributed by atoms with Gasteiger partial charge < -0.3 is 10.5 Å². The zero-order valence-corrected chi connectivity index (χ0v) is 8.32. The predicted molar refractivity (Wildman–Crippen MR) is 56.4 cm³/mol. The quantitative estimate of drug-likeness (QED) is 0.734. The lowest BCUT2D eigenvalue weighted by molar-refractivity contribution is 0.362. The molecule has 1 aromatic heterocycles. The van der Waals surface area contributed by atoms with Crippen molar-refractivity contribution < 1.29 is 4.74 Å². The third-order valence-corrected chi connectivity index (χ3v) is 2.24. The van der Waals surface area contributed by atoms with Crippen molar-refractivity contribution in [3.63, 3.8) is 0 Å². The molecule has 0 atom stereocenters. The Bertz CT molecular complexity index is 462. The molecule has 0 saturated carbocycles. The summed E-state index contributed by atoms with van der Waals surface area (Å²) in [4.78, 5) is 4.33. The number of benzene rings is 1. The number of hydrogen-bond acceptors (Lipinski definition) is 3. The number of nitrogen functional groups attached to an aromatic ring is 1. The van der Waals surface area contributed by atoms with Crippen LogP contribution in [0.1, 0.15) is 6.92 Å². The highest BCUT2D eigenvalue weighted by Gasteiger charge is 2.08. The second-order valence-electron chi connectivity index (χ2n) is 3.09. The van der Waals surface area contributed by atoms with Crippen LogP contribution in [0.25, 0.3) is 11.0 Å². The van der Waals surface area contributed by atoms with Gasteiger partial charge in [0.25, 0.3) is 6.01 Å². The molecule has 2 rings (SSSR count). The van der Waals surface area contributed by atoms with Crippen LogP contribution in [0.3, 0.4) is 0 Å². The van der Waals surface area contributed by atoms with Crippen LogP contribution in [0.5, 0.6) is 6.01 Å². The van der Waals surface area contributed by atoms with E-state index in [2.05, 4.69) is 4.98 Å². The van der Waals surface area contributed by atoms with Crippen molar-refractivity contribution in [2.45, 2.75) is 13.5 Å². The van der Waals surface area contributed by atoms with Gasteiger partial charge in [0.15, 0.2) is 0 Å². The smallest absolute Gasteiger partial charge is 0.297 e. The number of hydrogen-bond donors (Lipinski definition) is 1. The summed E-state index contributed by atoms with van der Waals surface area (Å²) in [6.07, 6.45) is 0. The van der Waals surface area contributed by atoms with Crippen molar-refractivity contribution in [2.24, 2.45) is 0 Å². The summed E-state index contributed by atoms with van der Waals surface area (Å²) < 4.78 is 7.16. The van der Waals surface area contributed by atoms with E-state index in [1.54, 1.807) is 7.11 Å². The Hall–Kier alpha value is -1.71. The van der Waals surface area contributed by atoms with Gasteiger partial charge in [0.2, 0.25) is 0 Å². The molecule has 2 aromatic rings. The fourth-order valence-corrected chi connectivity index (χ4v) is 1.58. The molecule has 0 amide bonds. The third-order valence-electron chi connectivity index (χ3n) is 2.24. The Labute approximate surface area is 82.3 Å². The topological polar surface area (TPSA) is 53.1 Å². The zero-order chi connectivity index (χ0) is 10.1. The fraction of sp³-hybridized carbons (Fsp3) is 0.300. The molecule has 0 fully saturated rings. The molecule has 4 nitrogen and oxygen atoms in total. The first-order valence-electron chi connectivity index (χ1n) is 4.56. The number of anilines is 1. The number of imidazole rings is 1. The third kappa shape index (κ3) is 1.19. The van der Waals surface area contributed by atoms with Crippen LogP contribution in [0, 0.1) is 0 Å². The Morgan fingerprint density at radius 3 is 2.93 bits per heavy atom. The Morgan fingerprint density at radius 1 is 1.50 bits per heavy atom. The minimum absolute atomic E-state index is 0.633. The number of nitrogens with two attached hydrogens (primary N) is 1. The number of aromatic nitrogens is 2. The second kappa shape index (κ2) is 3.21. The van der Waals surface area contributed by atoms with Crippen molar-refractivity contribution in [3.8, 4) is 6.01 Å². The van der Waals surface area contributed by atoms with Crippen molar-refractivity contribution in [2.75, 3.05) is 12.8 Å². The van der Waals surface area contributed by atoms with Crippen LogP contribution in [0.2, 0.25) is 0 Å². The summed E-state index contributed by atoms with van der Waals surface area (Å²) in [7, 11) is 1.62. The molecule has 0 radical (unpaired) electrons. The standard InChI is InChI=1S/C10H13N3O/c1-3-13-9-6-7(11)4-5-8(9)12-10(13)14-2/h4-6H,3,11H2,1-2H3. The summed E-state index contributed by atoms with van der Waals surface area (Å²) in [5.74, 6) is 0. The SMILES string of the molecule is CCn1c(OC)nc2ccc(N)cc21. The van der Waals surface area contributed by atoms with Crippen molar-refractivity contribution >= 4 is 16.7 Å². The number of aryl methyl sites for hydroxylation is 1. The molecule has 0 spiro atoms. The largest absolute Gasteiger partial charge is 0.468 e. The first-order valence-corrected chi connectivity index (χ1v) is 4.56. The molecule has 0 saturated heterocycles. The van der Waals surface area contributed by atoms with Gasteiger partial charge >= 0.3 is 0 Å². The maximum Gasteiger partial charge on any atom is 0.297 e. The van der Waals surface area contributed by atoms with Gasteiger partial charge in [0.1, 0.15) is 0 Å². The Morgan fingerprint density at radius 2 is 2.29 bits per heavy atom. The van der Waals surface area contributed by atoms with E-state index in [1.807, 2.05) is 29.7 Å². The van der Waals surface area contributed by atoms with E-state index in [4.69, 9.17) is 10.5 Å². The fourth-order valence-electron chi connectivity index (χ4n) is 1.58. The van der Waals surface area contributed by atoms with Crippen LogP contribution in [0.15, 0.2) is 18.2 Å². The average molecular weight is 191 g/mol. The molecule has 0 aliphatic heterocycles. The molecule has 14 heavy (non-hydrogen) atoms. The minimum atomic E-state index is 0.633. The lowest BCUT2D eigenvalue weighted by atomic mass is 10.3. The monoisotopic (exact) mass is 191 g/mol. The molecule has 0 bridgehead atoms. The molecule has 1 aromatic carbocycles. The Kier molecular flexibility index (Phi) is 2.04. The lowest BCUT2D eigenvalue weighted by Crippen LogP contribution is -1.98. The minimum Gasteiger partial charge on any atom is -0.468 e. The summed E-state index contributed by atoms with van der Waals surface area (Å²) in [5, 5.41) is 0. The normalized spacial score (nSPS) is 10.7. The van der Waals surface area contributed by atoms with Gasteiger partial charge in [-0.25, -0.2) is 0 Å². The van der Waals surface area contributed by atoms with Gasteiger partial charge in [-0.2, -0.15) is 4.98 Å². The van der Waals surface area contributed by atoms with Crippen LogP contribution in [0.4, 0.5) is 5.69 Å². The van der Waals surface area contributed by atoms with Crippen LogP contribution >= 0.6 is 0 Å². The number of fused-ring (bicyclic) bond motifs is 1. The van der Waals surface area contributed by atoms with Crippen LogP contribution in [-0.2, 0) is 6.54 Å². The summed E-state index contributed by atoms with van der Waals surface area (Å²) in [6, 6.07) is 6.29. The van der Waals surface area contributed by atoms with E-state index in [0.29, 0.717) is 6.01 Å². The van der Waals surface area contributed by atoms with E-state index in [-0.39, 0.29) is 0 Å². The number of rotatable bonds is 2. The highest BCUT2D eigenvalue weighted by atomic mass is 16.5. The molecule has 4 heteroatoms. The van der Waals surface area contributed by atoms with Gasteiger partial charge in [0.05, 0.1) is 18.1 Å². The summed E-state index contributed by atoms with van der Waals surface area (Å²) in [6.45, 7) is 2.87. The van der Waals surface area contributed by atoms with E-state index in [9.17, 15) is 0 Å². The number of methoxy groups -OCH3 is 1. The van der Waals surface area contributed by atoms with Crippen LogP contribution < -0.4 is 10.5 Å². The molecule has 0 unspecified atom stereocenters. The van der Waals surface area contributed by atoms with E-state index >= 15 is 0 Å². The first-order chi connectivity index (χ1) is 6.76. The molecular weight excluding hydrogens is 178 g/mol. The van der Waals surface area contributed by atoms with Crippen molar-refractivity contribution in [1.82, 2.24) is 9.55 Å². The van der Waals surface area contributed by atoms with Gasteiger partial charge in [-0.3, -0.25) is 4.57 Å². The second-order valence-corrected chi connectivity index (χ2v) is 3.09. The molecule has 74 valence electrons. The van der Waals surface area contributed by atoms with Gasteiger partial charge in [-0.05, 0) is 25.1 Å². The maximum atomic E-state index is 5.72. The predicted octanol–water partition coefficient (Wildman–Crippen LogP) is 1.65. The first kappa shape index (κ1) is 8.87. The van der Waals surface area contributed by atoms with Gasteiger partial charge in [-0.15, -0.1) is 0 Å². The van der Waals surface area contributed by atoms with Gasteiger partial charge in [0, 0.05) is 12.2 Å². The maximum absolute atomic E-state index is 5.72. The Balaban J connectivity index is 2.74. The molecule has 0 aliphatic rings. The number of nitrogens with zero attached hydrogens (tertiary/aromatic N) is 2. The van der Waals surface area contributed by atoms with Crippen LogP contribution in [-0.4, -0.2) is 16.7 Å². The molecule has 1 heterocycles. The highest BCUT2D eigenvalue weighted by Crippen LogP contribution is 2.22. The van der Waals surface area contributed by atoms with E-state index < -0.39 is 0 Å². The zero-order valence-electron chi connectivity index (χ0n) is 8.32. The molecule has 2 N–H and O–H groups in total. The van der Waals surface area contributed by atoms with E-state index in [1.165, 1.54) is 0 Å². The average Bonchev–Trinajstić information content (AvgIpc) is 2.54.